The van der Waals surface area contributed by atoms with E-state index in [9.17, 15) is 21.6 Å². The smallest absolute Gasteiger partial charge is 0.356 e. The molecule has 0 saturated heterocycles. The Hall–Kier alpha value is -1.86. The van der Waals surface area contributed by atoms with Crippen LogP contribution in [0.25, 0.3) is 0 Å². The van der Waals surface area contributed by atoms with Gasteiger partial charge >= 0.3 is 6.18 Å². The first-order chi connectivity index (χ1) is 13.1. The number of aliphatic imine (C=N–C) groups is 1. The maximum atomic E-state index is 12.6. The second kappa shape index (κ2) is 10.8. The van der Waals surface area contributed by atoms with Crippen molar-refractivity contribution in [3.05, 3.63) is 65.2 Å². The minimum Gasteiger partial charge on any atom is -0.356 e. The second-order valence-electron chi connectivity index (χ2n) is 5.99. The molecule has 160 valence electrons. The van der Waals surface area contributed by atoms with Crippen molar-refractivity contribution in [2.45, 2.75) is 24.0 Å². The van der Waals surface area contributed by atoms with E-state index in [4.69, 9.17) is 5.14 Å². The third kappa shape index (κ3) is 8.19. The number of rotatable bonds is 6. The van der Waals surface area contributed by atoms with Gasteiger partial charge < -0.3 is 10.6 Å². The molecule has 2 aromatic rings. The van der Waals surface area contributed by atoms with Crippen molar-refractivity contribution in [3.63, 3.8) is 0 Å². The molecule has 2 rings (SSSR count). The molecule has 11 heteroatoms. The Morgan fingerprint density at radius 1 is 1.00 bits per heavy atom. The second-order valence-corrected chi connectivity index (χ2v) is 7.55. The van der Waals surface area contributed by atoms with Crippen LogP contribution < -0.4 is 15.8 Å². The Balaban J connectivity index is 0.00000420. The zero-order chi connectivity index (χ0) is 20.8. The highest BCUT2D eigenvalue weighted by Gasteiger charge is 2.29. The number of halogens is 4. The molecule has 0 aliphatic carbocycles. The van der Waals surface area contributed by atoms with Gasteiger partial charge in [0.25, 0.3) is 0 Å². The van der Waals surface area contributed by atoms with Gasteiger partial charge in [-0.05, 0) is 41.8 Å². The SMILES string of the molecule is CN=C(NCCc1ccc(C(F)(F)F)cc1)NCc1ccc(S(N)(=O)=O)cc1.I. The van der Waals surface area contributed by atoms with E-state index in [1.807, 2.05) is 0 Å². The minimum atomic E-state index is -4.34. The van der Waals surface area contributed by atoms with Crippen LogP contribution in [-0.2, 0) is 29.2 Å². The van der Waals surface area contributed by atoms with E-state index in [0.717, 1.165) is 23.3 Å². The van der Waals surface area contributed by atoms with Gasteiger partial charge in [0.15, 0.2) is 5.96 Å². The number of primary sulfonamides is 1. The van der Waals surface area contributed by atoms with Crippen LogP contribution in [0.3, 0.4) is 0 Å². The van der Waals surface area contributed by atoms with Gasteiger partial charge in [-0.25, -0.2) is 13.6 Å². The van der Waals surface area contributed by atoms with Crippen molar-refractivity contribution in [2.75, 3.05) is 13.6 Å². The summed E-state index contributed by atoms with van der Waals surface area (Å²) in [6.45, 7) is 0.889. The van der Waals surface area contributed by atoms with Crippen LogP contribution in [0.15, 0.2) is 58.4 Å². The largest absolute Gasteiger partial charge is 0.416 e. The molecule has 0 aliphatic heterocycles. The first-order valence-electron chi connectivity index (χ1n) is 8.32. The number of hydrogen-bond donors (Lipinski definition) is 3. The van der Waals surface area contributed by atoms with E-state index in [1.165, 1.54) is 24.3 Å². The van der Waals surface area contributed by atoms with Gasteiger partial charge in [0.05, 0.1) is 10.5 Å². The van der Waals surface area contributed by atoms with Crippen molar-refractivity contribution in [2.24, 2.45) is 10.1 Å². The molecule has 0 heterocycles. The molecule has 29 heavy (non-hydrogen) atoms. The molecular formula is C18H22F3IN4O2S. The summed E-state index contributed by atoms with van der Waals surface area (Å²) < 4.78 is 60.1. The molecule has 0 spiro atoms. The summed E-state index contributed by atoms with van der Waals surface area (Å²) in [5, 5.41) is 11.2. The number of nitrogens with two attached hydrogens (primary N) is 1. The molecule has 0 saturated carbocycles. The number of alkyl halides is 3. The van der Waals surface area contributed by atoms with Crippen molar-refractivity contribution in [1.82, 2.24) is 10.6 Å². The Morgan fingerprint density at radius 3 is 2.03 bits per heavy atom. The van der Waals surface area contributed by atoms with Gasteiger partial charge in [-0.15, -0.1) is 24.0 Å². The van der Waals surface area contributed by atoms with E-state index in [1.54, 1.807) is 19.2 Å². The summed E-state index contributed by atoms with van der Waals surface area (Å²) in [6.07, 6.45) is -3.81. The van der Waals surface area contributed by atoms with Gasteiger partial charge in [-0.2, -0.15) is 13.2 Å². The molecule has 0 bridgehead atoms. The van der Waals surface area contributed by atoms with Crippen LogP contribution in [0.5, 0.6) is 0 Å². The van der Waals surface area contributed by atoms with Crippen molar-refractivity contribution >= 4 is 40.0 Å². The standard InChI is InChI=1S/C18H21F3N4O2S.HI/c1-23-17(25-12-14-4-8-16(9-5-14)28(22,26)27)24-11-10-13-2-6-15(7-3-13)18(19,20)21;/h2-9H,10-12H2,1H3,(H2,22,26,27)(H2,23,24,25);1H. The number of nitrogens with zero attached hydrogens (tertiary/aromatic N) is 1. The zero-order valence-corrected chi connectivity index (χ0v) is 18.7. The highest BCUT2D eigenvalue weighted by Crippen LogP contribution is 2.29. The number of sulfonamides is 1. The van der Waals surface area contributed by atoms with E-state index < -0.39 is 21.8 Å². The molecule has 6 nitrogen and oxygen atoms in total. The first kappa shape index (κ1) is 25.2. The van der Waals surface area contributed by atoms with Crippen molar-refractivity contribution < 1.29 is 21.6 Å². The van der Waals surface area contributed by atoms with Crippen LogP contribution >= 0.6 is 24.0 Å². The van der Waals surface area contributed by atoms with Gasteiger partial charge in [0, 0.05) is 20.1 Å². The maximum absolute atomic E-state index is 12.6. The summed E-state index contributed by atoms with van der Waals surface area (Å²) in [5.41, 5.74) is 0.933. The van der Waals surface area contributed by atoms with E-state index in [2.05, 4.69) is 15.6 Å². The van der Waals surface area contributed by atoms with Crippen LogP contribution in [0.4, 0.5) is 13.2 Å². The lowest BCUT2D eigenvalue weighted by Crippen LogP contribution is -2.37. The fourth-order valence-corrected chi connectivity index (χ4v) is 2.90. The molecule has 0 aliphatic rings. The van der Waals surface area contributed by atoms with Gasteiger partial charge in [0.2, 0.25) is 10.0 Å². The topological polar surface area (TPSA) is 96.6 Å². The third-order valence-electron chi connectivity index (χ3n) is 3.92. The van der Waals surface area contributed by atoms with E-state index in [0.29, 0.717) is 25.5 Å². The average Bonchev–Trinajstić information content (AvgIpc) is 2.64. The Kier molecular flexibility index (Phi) is 9.36. The summed E-state index contributed by atoms with van der Waals surface area (Å²) in [5.74, 6) is 0.516. The van der Waals surface area contributed by atoms with Gasteiger partial charge in [-0.3, -0.25) is 4.99 Å². The number of guanidine groups is 1. The van der Waals surface area contributed by atoms with E-state index in [-0.39, 0.29) is 28.9 Å². The Bertz CT molecular complexity index is 916. The number of benzene rings is 2. The lowest BCUT2D eigenvalue weighted by atomic mass is 10.1. The normalized spacial score (nSPS) is 12.2. The molecule has 0 atom stereocenters. The van der Waals surface area contributed by atoms with Gasteiger partial charge in [-0.1, -0.05) is 24.3 Å². The first-order valence-corrected chi connectivity index (χ1v) is 9.86. The predicted octanol–water partition coefficient (Wildman–Crippen LogP) is 2.88. The monoisotopic (exact) mass is 542 g/mol. The molecule has 0 aromatic heterocycles. The van der Waals surface area contributed by atoms with Crippen LogP contribution in [0, 0.1) is 0 Å². The van der Waals surface area contributed by atoms with Crippen LogP contribution in [0.1, 0.15) is 16.7 Å². The van der Waals surface area contributed by atoms with Crippen molar-refractivity contribution in [3.8, 4) is 0 Å². The molecule has 0 amide bonds. The lowest BCUT2D eigenvalue weighted by Gasteiger charge is -2.12. The van der Waals surface area contributed by atoms with Crippen LogP contribution in [0.2, 0.25) is 0 Å². The van der Waals surface area contributed by atoms with Crippen LogP contribution in [-0.4, -0.2) is 28.0 Å². The quantitative estimate of drug-likeness (QED) is 0.297. The maximum Gasteiger partial charge on any atom is 0.416 e. The van der Waals surface area contributed by atoms with Crippen molar-refractivity contribution in [1.29, 1.82) is 0 Å². The Morgan fingerprint density at radius 2 is 1.55 bits per heavy atom. The molecule has 0 fully saturated rings. The highest BCUT2D eigenvalue weighted by atomic mass is 127. The number of nitrogens with one attached hydrogen (secondary N) is 2. The third-order valence-corrected chi connectivity index (χ3v) is 4.85. The molecule has 2 aromatic carbocycles. The zero-order valence-electron chi connectivity index (χ0n) is 15.5. The molecular weight excluding hydrogens is 520 g/mol. The number of hydrogen-bond acceptors (Lipinski definition) is 3. The molecule has 0 unspecified atom stereocenters. The van der Waals surface area contributed by atoms with E-state index >= 15 is 0 Å². The fraction of sp³-hybridized carbons (Fsp3) is 0.278. The average molecular weight is 542 g/mol. The highest BCUT2D eigenvalue weighted by molar-refractivity contribution is 14.0. The summed E-state index contributed by atoms with van der Waals surface area (Å²) in [6, 6.07) is 11.2. The molecule has 0 radical (unpaired) electrons. The fourth-order valence-electron chi connectivity index (χ4n) is 2.39. The summed E-state index contributed by atoms with van der Waals surface area (Å²) in [4.78, 5) is 4.10. The summed E-state index contributed by atoms with van der Waals surface area (Å²) in [7, 11) is -2.13. The van der Waals surface area contributed by atoms with Gasteiger partial charge in [0.1, 0.15) is 0 Å². The summed E-state index contributed by atoms with van der Waals surface area (Å²) >= 11 is 0. The Labute approximate surface area is 184 Å². The minimum absolute atomic E-state index is 0. The molecule has 4 N–H and O–H groups in total. The predicted molar refractivity (Wildman–Crippen MR) is 117 cm³/mol. The lowest BCUT2D eigenvalue weighted by molar-refractivity contribution is -0.137.